The second kappa shape index (κ2) is 3.54. The summed E-state index contributed by atoms with van der Waals surface area (Å²) in [6.45, 7) is -1.32. The average molecular weight is 404 g/mol. The molecule has 4 bridgehead atoms. The van der Waals surface area contributed by atoms with Crippen molar-refractivity contribution in [1.82, 2.24) is 0 Å². The molecule has 5 heterocycles. The number of hydrogen-bond donors (Lipinski definition) is 7. The maximum atomic E-state index is 12.8. The highest BCUT2D eigenvalue weighted by atomic mass is 31.2. The lowest BCUT2D eigenvalue weighted by Crippen LogP contribution is -2.89. The second-order valence-electron chi connectivity index (χ2n) is 6.45. The van der Waals surface area contributed by atoms with Crippen molar-refractivity contribution >= 4 is 20.7 Å². The molecule has 0 radical (unpaired) electrons. The van der Waals surface area contributed by atoms with Crippen LogP contribution in [0.1, 0.15) is 0 Å². The second-order valence-corrected chi connectivity index (χ2v) is 11.0. The fourth-order valence-corrected chi connectivity index (χ4v) is 10.6. The number of rotatable bonds is 3. The number of phosphoric acid groups is 1. The van der Waals surface area contributed by atoms with Gasteiger partial charge in [0.2, 0.25) is 34.6 Å². The molecule has 1 saturated carbocycles. The average Bonchev–Trinajstić information content (AvgIpc) is 3.00. The van der Waals surface area contributed by atoms with E-state index in [4.69, 9.17) is 5.11 Å². The number of ketones is 1. The zero-order valence-electron chi connectivity index (χ0n) is 11.7. The third kappa shape index (κ3) is 0.961. The van der Waals surface area contributed by atoms with Gasteiger partial charge in [-0.05, 0) is 0 Å². The fourth-order valence-electron chi connectivity index (χ4n) is 4.45. The number of phosphoric ester groups is 1. The van der Waals surface area contributed by atoms with Crippen LogP contribution in [-0.4, -0.2) is 87.4 Å². The molecule has 16 heteroatoms. The maximum Gasteiger partial charge on any atom is 0.508 e. The quantitative estimate of drug-likeness (QED) is 0.174. The van der Waals surface area contributed by atoms with E-state index in [9.17, 15) is 44.6 Å². The van der Waals surface area contributed by atoms with Gasteiger partial charge in [-0.15, -0.1) is 4.67 Å². The van der Waals surface area contributed by atoms with E-state index in [2.05, 4.69) is 18.6 Å². The summed E-state index contributed by atoms with van der Waals surface area (Å²) in [5, 5.41) is 61.8. The zero-order valence-corrected chi connectivity index (χ0v) is 13.5. The molecular formula is C9H10O14P2. The van der Waals surface area contributed by atoms with Crippen LogP contribution in [0, 0.1) is 0 Å². The molecule has 1 spiro atoms. The van der Waals surface area contributed by atoms with Gasteiger partial charge in [0.05, 0.1) is 6.61 Å². The number of aliphatic hydroxyl groups is 7. The van der Waals surface area contributed by atoms with E-state index < -0.39 is 66.7 Å². The van der Waals surface area contributed by atoms with Crippen LogP contribution in [0.5, 0.6) is 0 Å². The van der Waals surface area contributed by atoms with E-state index in [1.165, 1.54) is 0 Å². The molecular weight excluding hydrogens is 394 g/mol. The number of fused-ring (bicyclic) bond motifs is 1. The van der Waals surface area contributed by atoms with E-state index in [0.29, 0.717) is 0 Å². The minimum absolute atomic E-state index is 1.32. The summed E-state index contributed by atoms with van der Waals surface area (Å²) in [6.07, 6.45) is -2.46. The van der Waals surface area contributed by atoms with Crippen molar-refractivity contribution in [3.05, 3.63) is 0 Å². The standard InChI is InChI=1S/C9H10O14P2/c10-1-2(11)3(12)4(13)5(14)9(20-23-25(19,21-5)22-9)8(17)7(16)6(4,15)24(7,8)18/h2,10-11,13-17H,1H2/t2?,4-,5+,6+,7-,8-,9-,24?,25?/m0/s1. The Labute approximate surface area is 136 Å². The summed E-state index contributed by atoms with van der Waals surface area (Å²) in [4.78, 5) is 16.9. The van der Waals surface area contributed by atoms with Crippen molar-refractivity contribution < 1.29 is 68.3 Å². The van der Waals surface area contributed by atoms with Crippen LogP contribution in [0.2, 0.25) is 0 Å². The Morgan fingerprint density at radius 2 is 1.56 bits per heavy atom. The first-order valence-electron chi connectivity index (χ1n) is 6.71. The summed E-state index contributed by atoms with van der Waals surface area (Å²) in [6, 6.07) is 0. The van der Waals surface area contributed by atoms with Gasteiger partial charge >= 0.3 is 13.6 Å². The third-order valence-electron chi connectivity index (χ3n) is 5.70. The molecule has 140 valence electrons. The van der Waals surface area contributed by atoms with E-state index in [-0.39, 0.29) is 0 Å². The number of Topliss-reactive ketones (excluding diaryl/α,β-unsaturated/α-hetero) is 1. The van der Waals surface area contributed by atoms with Crippen molar-refractivity contribution in [2.75, 3.05) is 6.61 Å². The van der Waals surface area contributed by atoms with Crippen molar-refractivity contribution in [2.45, 2.75) is 39.3 Å². The van der Waals surface area contributed by atoms with Crippen LogP contribution in [0.25, 0.3) is 0 Å². The molecule has 3 unspecified atom stereocenters. The smallest absolute Gasteiger partial charge is 0.393 e. The number of aliphatic hydroxyl groups excluding tert-OH is 2. The first kappa shape index (κ1) is 16.8. The number of hydrogen-bond acceptors (Lipinski definition) is 14. The third-order valence-corrected chi connectivity index (χ3v) is 11.1. The minimum atomic E-state index is -4.88. The lowest BCUT2D eigenvalue weighted by molar-refractivity contribution is -0.493. The van der Waals surface area contributed by atoms with Crippen molar-refractivity contribution in [1.29, 1.82) is 0 Å². The van der Waals surface area contributed by atoms with Crippen LogP contribution < -0.4 is 0 Å². The van der Waals surface area contributed by atoms with Crippen molar-refractivity contribution in [2.24, 2.45) is 0 Å². The molecule has 0 aromatic heterocycles. The highest BCUT2D eigenvalue weighted by molar-refractivity contribution is 7.86. The summed E-state index contributed by atoms with van der Waals surface area (Å²) in [5.74, 6) is -8.99. The van der Waals surface area contributed by atoms with Crippen LogP contribution in [-0.2, 0) is 32.5 Å². The molecule has 9 atom stereocenters. The van der Waals surface area contributed by atoms with Gasteiger partial charge in [-0.1, -0.05) is 0 Å². The SMILES string of the molecule is O=C(C(O)CO)[C@]1(O)[C@@]2(O)OP3(=O)OO[C@@]2(O3)[C@]2(O)[C@]3(O)[C@]1(O)P32=O. The van der Waals surface area contributed by atoms with Gasteiger partial charge in [0.25, 0.3) is 5.79 Å². The summed E-state index contributed by atoms with van der Waals surface area (Å²) < 4.78 is 38.3. The molecule has 6 aliphatic rings. The summed E-state index contributed by atoms with van der Waals surface area (Å²) in [7, 11) is -9.66. The summed E-state index contributed by atoms with van der Waals surface area (Å²) in [5.41, 5.74) is -3.87. The van der Waals surface area contributed by atoms with E-state index in [1.807, 2.05) is 0 Å². The van der Waals surface area contributed by atoms with Gasteiger partial charge in [0.15, 0.2) is 0 Å². The van der Waals surface area contributed by atoms with Gasteiger partial charge in [0, 0.05) is 0 Å². The Morgan fingerprint density at radius 3 is 2.04 bits per heavy atom. The fraction of sp³-hybridized carbons (Fsp3) is 0.889. The Hall–Kier alpha value is -0.310. The molecule has 5 saturated heterocycles. The molecule has 1 aliphatic carbocycles. The minimum Gasteiger partial charge on any atom is -0.393 e. The van der Waals surface area contributed by atoms with Gasteiger partial charge in [-0.2, -0.15) is 4.89 Å². The molecule has 0 amide bonds. The molecule has 14 nitrogen and oxygen atoms in total. The molecule has 25 heavy (non-hydrogen) atoms. The van der Waals surface area contributed by atoms with Crippen molar-refractivity contribution in [3.63, 3.8) is 0 Å². The number of carbonyl (C=O) groups is 1. The highest BCUT2D eigenvalue weighted by Gasteiger charge is 3.30. The predicted molar refractivity (Wildman–Crippen MR) is 65.1 cm³/mol. The first-order valence-corrected chi connectivity index (χ1v) is 9.87. The topological polar surface area (TPSA) is 230 Å². The predicted octanol–water partition coefficient (Wildman–Crippen LogP) is -4.39. The normalized spacial score (nSPS) is 69.7. The van der Waals surface area contributed by atoms with E-state index >= 15 is 0 Å². The Balaban J connectivity index is 1.83. The highest BCUT2D eigenvalue weighted by Crippen LogP contribution is 3.18. The Kier molecular flexibility index (Phi) is 2.38. The molecule has 6 fully saturated rings. The monoisotopic (exact) mass is 404 g/mol. The molecule has 6 rings (SSSR count). The summed E-state index contributed by atoms with van der Waals surface area (Å²) >= 11 is 0. The van der Waals surface area contributed by atoms with Gasteiger partial charge in [-0.25, -0.2) is 13.6 Å². The Morgan fingerprint density at radius 1 is 1.00 bits per heavy atom. The lowest BCUT2D eigenvalue weighted by atomic mass is 9.66. The molecule has 0 aromatic rings. The van der Waals surface area contributed by atoms with Crippen LogP contribution in [0.15, 0.2) is 0 Å². The van der Waals surface area contributed by atoms with Crippen LogP contribution in [0.4, 0.5) is 0 Å². The largest absolute Gasteiger partial charge is 0.508 e. The van der Waals surface area contributed by atoms with E-state index in [1.54, 1.807) is 0 Å². The maximum absolute atomic E-state index is 12.8. The molecule has 5 aliphatic heterocycles. The zero-order chi connectivity index (χ0) is 18.7. The van der Waals surface area contributed by atoms with Crippen LogP contribution in [0.3, 0.4) is 0 Å². The lowest BCUT2D eigenvalue weighted by Gasteiger charge is -2.57. The first-order chi connectivity index (χ1) is 11.3. The number of carbonyl (C=O) groups excluding carboxylic acids is 1. The van der Waals surface area contributed by atoms with Crippen molar-refractivity contribution in [3.8, 4) is 0 Å². The molecule has 0 aromatic carbocycles. The van der Waals surface area contributed by atoms with Gasteiger partial charge < -0.3 is 40.3 Å². The van der Waals surface area contributed by atoms with Gasteiger partial charge in [0.1, 0.15) is 6.10 Å². The van der Waals surface area contributed by atoms with E-state index in [0.717, 1.165) is 0 Å². The van der Waals surface area contributed by atoms with Gasteiger partial charge in [-0.3, -0.25) is 4.79 Å². The Bertz CT molecular complexity index is 874. The molecule has 7 N–H and O–H groups in total. The van der Waals surface area contributed by atoms with Crippen LogP contribution >= 0.6 is 15.0 Å².